The number of phenolic OH excluding ortho intramolecular Hbond substituents is 1. The highest BCUT2D eigenvalue weighted by Crippen LogP contribution is 2.35. The summed E-state index contributed by atoms with van der Waals surface area (Å²) in [7, 11) is 0. The first-order valence-corrected chi connectivity index (χ1v) is 8.48. The summed E-state index contributed by atoms with van der Waals surface area (Å²) in [6.45, 7) is 1.11. The van der Waals surface area contributed by atoms with Crippen LogP contribution in [-0.4, -0.2) is 35.0 Å². The number of hydrogen-bond acceptors (Lipinski definition) is 4. The molecule has 4 rings (SSSR count). The summed E-state index contributed by atoms with van der Waals surface area (Å²) in [5, 5.41) is 9.94. The van der Waals surface area contributed by atoms with Crippen LogP contribution in [0.15, 0.2) is 48.5 Å². The summed E-state index contributed by atoms with van der Waals surface area (Å²) < 4.78 is 14.2. The first-order chi connectivity index (χ1) is 12.1. The molecule has 2 aromatic rings. The van der Waals surface area contributed by atoms with Crippen molar-refractivity contribution in [3.05, 3.63) is 65.5 Å². The number of hydrogen-bond donors (Lipinski definition) is 3. The van der Waals surface area contributed by atoms with Crippen LogP contribution in [-0.2, 0) is 0 Å². The van der Waals surface area contributed by atoms with Crippen LogP contribution in [0.25, 0.3) is 0 Å². The lowest BCUT2D eigenvalue weighted by Crippen LogP contribution is -2.47. The van der Waals surface area contributed by atoms with Gasteiger partial charge in [-0.1, -0.05) is 30.3 Å². The minimum atomic E-state index is -0.244. The smallest absolute Gasteiger partial charge is 0.257 e. The van der Waals surface area contributed by atoms with Crippen molar-refractivity contribution in [2.45, 2.75) is 18.5 Å². The van der Waals surface area contributed by atoms with Crippen LogP contribution >= 0.6 is 0 Å². The maximum Gasteiger partial charge on any atom is 0.257 e. The molecule has 2 heterocycles. The number of para-hydroxylation sites is 1. The Balaban J connectivity index is 1.57. The highest BCUT2D eigenvalue weighted by Gasteiger charge is 2.42. The van der Waals surface area contributed by atoms with Crippen molar-refractivity contribution >= 4 is 5.91 Å². The first kappa shape index (κ1) is 16.1. The number of carbonyl (C=O) groups excluding carboxylic acids is 1. The molecule has 0 radical (unpaired) electrons. The molecule has 2 saturated heterocycles. The molecule has 2 aliphatic heterocycles. The maximum absolute atomic E-state index is 14.2. The predicted molar refractivity (Wildman–Crippen MR) is 91.3 cm³/mol. The summed E-state index contributed by atoms with van der Waals surface area (Å²) in [5.41, 5.74) is 7.35. The predicted octanol–water partition coefficient (Wildman–Crippen LogP) is 2.21. The Morgan fingerprint density at radius 2 is 1.88 bits per heavy atom. The average Bonchev–Trinajstić information content (AvgIpc) is 3.05. The minimum Gasteiger partial charge on any atom is -0.507 e. The van der Waals surface area contributed by atoms with Gasteiger partial charge in [0.25, 0.3) is 5.91 Å². The molecule has 6 heteroatoms. The van der Waals surface area contributed by atoms with Crippen molar-refractivity contribution in [3.63, 3.8) is 0 Å². The standard InChI is InChI=1S/C19H20FN3O2/c20-15-7-3-1-5-12(15)18-14-11-23(10-9-16(14)21-22-18)19(25)13-6-2-4-8-17(13)24/h1-8,14,16,18,21-22,24H,9-11H2. The van der Waals surface area contributed by atoms with Crippen molar-refractivity contribution in [1.29, 1.82) is 0 Å². The Bertz CT molecular complexity index is 798. The lowest BCUT2D eigenvalue weighted by molar-refractivity contribution is 0.0649. The molecule has 130 valence electrons. The van der Waals surface area contributed by atoms with Gasteiger partial charge >= 0.3 is 0 Å². The molecule has 2 fully saturated rings. The van der Waals surface area contributed by atoms with Gasteiger partial charge in [0.05, 0.1) is 11.6 Å². The number of carbonyl (C=O) groups is 1. The monoisotopic (exact) mass is 341 g/mol. The van der Waals surface area contributed by atoms with E-state index in [1.165, 1.54) is 12.1 Å². The van der Waals surface area contributed by atoms with Crippen molar-refractivity contribution in [2.75, 3.05) is 13.1 Å². The van der Waals surface area contributed by atoms with Crippen LogP contribution < -0.4 is 10.9 Å². The summed E-state index contributed by atoms with van der Waals surface area (Å²) >= 11 is 0. The van der Waals surface area contributed by atoms with Crippen molar-refractivity contribution in [2.24, 2.45) is 5.92 Å². The van der Waals surface area contributed by atoms with Gasteiger partial charge in [-0.05, 0) is 24.6 Å². The van der Waals surface area contributed by atoms with Gasteiger partial charge in [-0.2, -0.15) is 0 Å². The highest BCUT2D eigenvalue weighted by atomic mass is 19.1. The molecule has 3 atom stereocenters. The number of aromatic hydroxyl groups is 1. The molecule has 2 aliphatic rings. The number of benzene rings is 2. The first-order valence-electron chi connectivity index (χ1n) is 8.48. The highest BCUT2D eigenvalue weighted by molar-refractivity contribution is 5.96. The second-order valence-corrected chi connectivity index (χ2v) is 6.62. The summed E-state index contributed by atoms with van der Waals surface area (Å²) in [5.74, 6) is -0.370. The maximum atomic E-state index is 14.2. The van der Waals surface area contributed by atoms with Crippen LogP contribution in [0.4, 0.5) is 4.39 Å². The summed E-state index contributed by atoms with van der Waals surface area (Å²) in [6, 6.07) is 13.3. The van der Waals surface area contributed by atoms with E-state index in [4.69, 9.17) is 0 Å². The lowest BCUT2D eigenvalue weighted by atomic mass is 9.84. The van der Waals surface area contributed by atoms with E-state index in [0.29, 0.717) is 24.2 Å². The Labute approximate surface area is 145 Å². The normalized spacial score (nSPS) is 25.6. The molecular weight excluding hydrogens is 321 g/mol. The second kappa shape index (κ2) is 6.46. The fraction of sp³-hybridized carbons (Fsp3) is 0.316. The number of fused-ring (bicyclic) bond motifs is 1. The number of piperidine rings is 1. The number of hydrazine groups is 1. The van der Waals surface area contributed by atoms with E-state index in [1.54, 1.807) is 35.2 Å². The van der Waals surface area contributed by atoms with Crippen LogP contribution in [0.5, 0.6) is 5.75 Å². The number of nitrogens with zero attached hydrogens (tertiary/aromatic N) is 1. The van der Waals surface area contributed by atoms with Crippen molar-refractivity contribution < 1.29 is 14.3 Å². The van der Waals surface area contributed by atoms with E-state index >= 15 is 0 Å². The van der Waals surface area contributed by atoms with Gasteiger partial charge in [0.1, 0.15) is 11.6 Å². The summed E-state index contributed by atoms with van der Waals surface area (Å²) in [6.07, 6.45) is 0.780. The van der Waals surface area contributed by atoms with Gasteiger partial charge in [0.2, 0.25) is 0 Å². The van der Waals surface area contributed by atoms with E-state index < -0.39 is 0 Å². The number of phenols is 1. The molecule has 0 aromatic heterocycles. The molecule has 0 spiro atoms. The molecule has 3 N–H and O–H groups in total. The van der Waals surface area contributed by atoms with Gasteiger partial charge < -0.3 is 10.0 Å². The van der Waals surface area contributed by atoms with Gasteiger partial charge in [-0.25, -0.2) is 9.82 Å². The average molecular weight is 341 g/mol. The molecule has 0 saturated carbocycles. The number of amides is 1. The third-order valence-electron chi connectivity index (χ3n) is 5.17. The Morgan fingerprint density at radius 1 is 1.12 bits per heavy atom. The zero-order valence-corrected chi connectivity index (χ0v) is 13.7. The second-order valence-electron chi connectivity index (χ2n) is 6.62. The molecular formula is C19H20FN3O2. The van der Waals surface area contributed by atoms with Crippen LogP contribution in [0.1, 0.15) is 28.4 Å². The van der Waals surface area contributed by atoms with Gasteiger partial charge in [-0.15, -0.1) is 0 Å². The lowest BCUT2D eigenvalue weighted by Gasteiger charge is -2.36. The molecule has 2 aromatic carbocycles. The molecule has 5 nitrogen and oxygen atoms in total. The molecule has 1 amide bonds. The number of nitrogens with one attached hydrogen (secondary N) is 2. The van der Waals surface area contributed by atoms with E-state index in [1.807, 2.05) is 6.07 Å². The zero-order valence-electron chi connectivity index (χ0n) is 13.7. The number of rotatable bonds is 2. The largest absolute Gasteiger partial charge is 0.507 e. The Hall–Kier alpha value is -2.44. The number of likely N-dealkylation sites (tertiary alicyclic amines) is 1. The minimum absolute atomic E-state index is 0.0112. The quantitative estimate of drug-likeness (QED) is 0.784. The third kappa shape index (κ3) is 2.88. The van der Waals surface area contributed by atoms with Crippen LogP contribution in [0, 0.1) is 11.7 Å². The Kier molecular flexibility index (Phi) is 4.15. The zero-order chi connectivity index (χ0) is 17.4. The fourth-order valence-corrected chi connectivity index (χ4v) is 3.85. The third-order valence-corrected chi connectivity index (χ3v) is 5.17. The number of halogens is 1. The topological polar surface area (TPSA) is 64.6 Å². The van der Waals surface area contributed by atoms with Crippen molar-refractivity contribution in [1.82, 2.24) is 15.8 Å². The molecule has 0 bridgehead atoms. The van der Waals surface area contributed by atoms with Gasteiger partial charge in [0.15, 0.2) is 0 Å². The van der Waals surface area contributed by atoms with E-state index in [9.17, 15) is 14.3 Å². The van der Waals surface area contributed by atoms with Gasteiger partial charge in [-0.3, -0.25) is 10.2 Å². The van der Waals surface area contributed by atoms with Crippen LogP contribution in [0.3, 0.4) is 0 Å². The Morgan fingerprint density at radius 3 is 2.68 bits per heavy atom. The SMILES string of the molecule is O=C(c1ccccc1O)N1CCC2NNC(c3ccccc3F)C2C1. The van der Waals surface area contributed by atoms with Crippen LogP contribution in [0.2, 0.25) is 0 Å². The van der Waals surface area contributed by atoms with E-state index in [0.717, 1.165) is 6.42 Å². The van der Waals surface area contributed by atoms with Gasteiger partial charge in [0, 0.05) is 30.6 Å². The van der Waals surface area contributed by atoms with E-state index in [-0.39, 0.29) is 35.5 Å². The molecule has 3 unspecified atom stereocenters. The molecule has 25 heavy (non-hydrogen) atoms. The fourth-order valence-electron chi connectivity index (χ4n) is 3.85. The van der Waals surface area contributed by atoms with E-state index in [2.05, 4.69) is 10.9 Å². The molecule has 0 aliphatic carbocycles. The summed E-state index contributed by atoms with van der Waals surface area (Å²) in [4.78, 5) is 14.5. The van der Waals surface area contributed by atoms with Crippen molar-refractivity contribution in [3.8, 4) is 5.75 Å².